The molecule has 0 aliphatic carbocycles. The minimum atomic E-state index is -0.202. The molecule has 7 nitrogen and oxygen atoms in total. The quantitative estimate of drug-likeness (QED) is 0.319. The van der Waals surface area contributed by atoms with Gasteiger partial charge in [0.1, 0.15) is 6.54 Å². The minimum Gasteiger partial charge on any atom is -0.331 e. The molecule has 6 rings (SSSR count). The maximum atomic E-state index is 13.9. The highest BCUT2D eigenvalue weighted by Crippen LogP contribution is 2.30. The molecule has 3 aromatic rings. The van der Waals surface area contributed by atoms with Crippen molar-refractivity contribution in [1.82, 2.24) is 14.7 Å². The van der Waals surface area contributed by atoms with E-state index in [1.807, 2.05) is 36.4 Å². The Balaban J connectivity index is 1.24. The molecule has 222 valence electrons. The van der Waals surface area contributed by atoms with Gasteiger partial charge in [-0.1, -0.05) is 48.0 Å². The van der Waals surface area contributed by atoms with E-state index < -0.39 is 0 Å². The number of aryl methyl sites for hydroxylation is 1. The zero-order valence-corrected chi connectivity index (χ0v) is 25.1. The Morgan fingerprint density at radius 3 is 2.07 bits per heavy atom. The van der Waals surface area contributed by atoms with E-state index in [-0.39, 0.29) is 24.3 Å². The molecule has 1 fully saturated rings. The Bertz CT molecular complexity index is 1510. The summed E-state index contributed by atoms with van der Waals surface area (Å²) in [6.45, 7) is 5.37. The van der Waals surface area contributed by atoms with E-state index in [4.69, 9.17) is 11.6 Å². The molecule has 0 bridgehead atoms. The number of hydrogen-bond donors (Lipinski definition) is 0. The maximum absolute atomic E-state index is 13.9. The van der Waals surface area contributed by atoms with E-state index in [1.54, 1.807) is 39.0 Å². The van der Waals surface area contributed by atoms with Crippen molar-refractivity contribution in [3.05, 3.63) is 112 Å². The number of carbonyl (C=O) groups excluding carboxylic acids is 3. The largest absolute Gasteiger partial charge is 0.331 e. The molecule has 1 saturated heterocycles. The molecule has 0 unspecified atom stereocenters. The average molecular weight is 597 g/mol. The van der Waals surface area contributed by atoms with Crippen LogP contribution in [0.5, 0.6) is 0 Å². The number of halogens is 1. The molecule has 43 heavy (non-hydrogen) atoms. The molecule has 8 heteroatoms. The summed E-state index contributed by atoms with van der Waals surface area (Å²) >= 11 is 6.05. The number of fused-ring (bicyclic) bond motifs is 1. The van der Waals surface area contributed by atoms with Crippen molar-refractivity contribution >= 4 is 35.0 Å². The Kier molecular flexibility index (Phi) is 8.91. The van der Waals surface area contributed by atoms with Gasteiger partial charge in [0, 0.05) is 41.5 Å². The van der Waals surface area contributed by atoms with Crippen LogP contribution < -0.4 is 4.90 Å². The van der Waals surface area contributed by atoms with Gasteiger partial charge in [0.25, 0.3) is 11.8 Å². The first kappa shape index (κ1) is 29.1. The van der Waals surface area contributed by atoms with E-state index in [1.165, 1.54) is 31.5 Å². The minimum absolute atomic E-state index is 0.00247. The summed E-state index contributed by atoms with van der Waals surface area (Å²) in [4.78, 5) is 47.9. The first-order valence-electron chi connectivity index (χ1n) is 15.2. The van der Waals surface area contributed by atoms with Gasteiger partial charge in [0.2, 0.25) is 5.91 Å². The molecule has 0 N–H and O–H groups in total. The molecule has 3 aliphatic heterocycles. The first-order chi connectivity index (χ1) is 20.9. The van der Waals surface area contributed by atoms with Crippen molar-refractivity contribution in [3.63, 3.8) is 0 Å². The Morgan fingerprint density at radius 2 is 1.37 bits per heavy atom. The maximum Gasteiger partial charge on any atom is 0.254 e. The number of rotatable bonds is 8. The topological polar surface area (TPSA) is 64.2 Å². The molecule has 0 aromatic heterocycles. The molecule has 3 aromatic carbocycles. The normalized spacial score (nSPS) is 17.0. The third kappa shape index (κ3) is 6.84. The highest BCUT2D eigenvalue weighted by atomic mass is 35.5. The van der Waals surface area contributed by atoms with E-state index in [9.17, 15) is 14.4 Å². The summed E-state index contributed by atoms with van der Waals surface area (Å²) in [5, 5.41) is 0.557. The number of amides is 3. The lowest BCUT2D eigenvalue weighted by atomic mass is 10.0. The van der Waals surface area contributed by atoms with Crippen molar-refractivity contribution in [3.8, 4) is 0 Å². The second kappa shape index (κ2) is 13.1. The number of benzene rings is 3. The number of likely N-dealkylation sites (tertiary alicyclic amines) is 1. The molecule has 3 heterocycles. The zero-order chi connectivity index (χ0) is 29.8. The van der Waals surface area contributed by atoms with Gasteiger partial charge in [-0.15, -0.1) is 0 Å². The fraction of sp³-hybridized carbons (Fsp3) is 0.343. The van der Waals surface area contributed by atoms with Crippen LogP contribution in [0.4, 0.5) is 5.69 Å². The van der Waals surface area contributed by atoms with Gasteiger partial charge in [-0.2, -0.15) is 0 Å². The summed E-state index contributed by atoms with van der Waals surface area (Å²) < 4.78 is 0. The lowest BCUT2D eigenvalue weighted by molar-refractivity contribution is -0.119. The van der Waals surface area contributed by atoms with Gasteiger partial charge in [-0.05, 0) is 104 Å². The van der Waals surface area contributed by atoms with Gasteiger partial charge in [0.05, 0.1) is 6.54 Å². The second-order valence-electron chi connectivity index (χ2n) is 11.6. The summed E-state index contributed by atoms with van der Waals surface area (Å²) in [7, 11) is 0. The monoisotopic (exact) mass is 596 g/mol. The SMILES string of the molecule is O=C(c1ccc(CN2C(=O)CN(C(=O)c3ccc(Cl)cc3)Cc3ccc(CCCN4CCCC4)cc32)cc1)N1CC=CC1. The van der Waals surface area contributed by atoms with Gasteiger partial charge in [-0.25, -0.2) is 0 Å². The molecular weight excluding hydrogens is 560 g/mol. The van der Waals surface area contributed by atoms with Crippen LogP contribution in [0, 0.1) is 0 Å². The van der Waals surface area contributed by atoms with Gasteiger partial charge < -0.3 is 19.6 Å². The standard InChI is InChI=1S/C35H37ClN4O3/c36-31-15-13-29(14-16-31)35(43)39-24-30-12-7-26(6-5-19-37-17-1-2-18-37)22-32(30)40(33(41)25-39)23-27-8-10-28(11-9-27)34(42)38-20-3-4-21-38/h3-4,7-16,22H,1-2,5-6,17-21,23-25H2. The number of carbonyl (C=O) groups is 3. The Labute approximate surface area is 258 Å². The van der Waals surface area contributed by atoms with Gasteiger partial charge >= 0.3 is 0 Å². The van der Waals surface area contributed by atoms with Gasteiger partial charge in [0.15, 0.2) is 0 Å². The van der Waals surface area contributed by atoms with Crippen LogP contribution in [0.1, 0.15) is 56.7 Å². The fourth-order valence-electron chi connectivity index (χ4n) is 6.16. The third-order valence-electron chi connectivity index (χ3n) is 8.59. The van der Waals surface area contributed by atoms with Crippen LogP contribution in [0.15, 0.2) is 78.9 Å². The van der Waals surface area contributed by atoms with E-state index in [0.29, 0.717) is 42.3 Å². The molecular formula is C35H37ClN4O3. The molecule has 0 saturated carbocycles. The molecule has 0 atom stereocenters. The summed E-state index contributed by atoms with van der Waals surface area (Å²) in [6.07, 6.45) is 8.56. The number of nitrogens with zero attached hydrogens (tertiary/aromatic N) is 4. The predicted octanol–water partition coefficient (Wildman–Crippen LogP) is 5.57. The Hall–Kier alpha value is -3.94. The molecule has 0 radical (unpaired) electrons. The lowest BCUT2D eigenvalue weighted by Gasteiger charge is -2.24. The number of anilines is 1. The van der Waals surface area contributed by atoms with Crippen LogP contribution in [0.2, 0.25) is 5.02 Å². The summed E-state index contributed by atoms with van der Waals surface area (Å²) in [5.74, 6) is -0.340. The van der Waals surface area contributed by atoms with Crippen molar-refractivity contribution in [2.45, 2.75) is 38.8 Å². The zero-order valence-electron chi connectivity index (χ0n) is 24.4. The smallest absolute Gasteiger partial charge is 0.254 e. The first-order valence-corrected chi connectivity index (χ1v) is 15.5. The van der Waals surface area contributed by atoms with Crippen LogP contribution >= 0.6 is 11.6 Å². The van der Waals surface area contributed by atoms with E-state index >= 15 is 0 Å². The molecule has 0 spiro atoms. The van der Waals surface area contributed by atoms with Crippen LogP contribution in [-0.2, 0) is 24.3 Å². The van der Waals surface area contributed by atoms with Crippen molar-refractivity contribution in [2.24, 2.45) is 0 Å². The van der Waals surface area contributed by atoms with Crippen LogP contribution in [-0.4, -0.2) is 71.7 Å². The molecule has 3 aliphatic rings. The van der Waals surface area contributed by atoms with Gasteiger partial charge in [-0.3, -0.25) is 14.4 Å². The average Bonchev–Trinajstić information content (AvgIpc) is 3.73. The lowest BCUT2D eigenvalue weighted by Crippen LogP contribution is -2.39. The fourth-order valence-corrected chi connectivity index (χ4v) is 6.29. The Morgan fingerprint density at radius 1 is 0.744 bits per heavy atom. The highest BCUT2D eigenvalue weighted by Gasteiger charge is 2.30. The van der Waals surface area contributed by atoms with E-state index in [0.717, 1.165) is 36.2 Å². The highest BCUT2D eigenvalue weighted by molar-refractivity contribution is 6.30. The van der Waals surface area contributed by atoms with E-state index in [2.05, 4.69) is 23.1 Å². The van der Waals surface area contributed by atoms with Crippen molar-refractivity contribution < 1.29 is 14.4 Å². The molecule has 3 amide bonds. The second-order valence-corrected chi connectivity index (χ2v) is 12.1. The van der Waals surface area contributed by atoms with Crippen LogP contribution in [0.25, 0.3) is 0 Å². The summed E-state index contributed by atoms with van der Waals surface area (Å²) in [5.41, 5.74) is 5.03. The predicted molar refractivity (Wildman–Crippen MR) is 169 cm³/mol. The van der Waals surface area contributed by atoms with Crippen molar-refractivity contribution in [2.75, 3.05) is 44.2 Å². The summed E-state index contributed by atoms with van der Waals surface area (Å²) in [6, 6.07) is 20.6. The third-order valence-corrected chi connectivity index (χ3v) is 8.84. The number of hydrogen-bond acceptors (Lipinski definition) is 4. The van der Waals surface area contributed by atoms with Crippen LogP contribution in [0.3, 0.4) is 0 Å². The van der Waals surface area contributed by atoms with Crippen molar-refractivity contribution in [1.29, 1.82) is 0 Å².